The zero-order chi connectivity index (χ0) is 27.6. The van der Waals surface area contributed by atoms with E-state index in [9.17, 15) is 5.11 Å². The highest BCUT2D eigenvalue weighted by Gasteiger charge is 2.45. The number of nitrogens with one attached hydrogen (secondary N) is 1. The summed E-state index contributed by atoms with van der Waals surface area (Å²) in [4.78, 5) is 19.1. The topological polar surface area (TPSA) is 86.6 Å². The van der Waals surface area contributed by atoms with Crippen molar-refractivity contribution in [3.8, 4) is 17.3 Å². The van der Waals surface area contributed by atoms with Crippen LogP contribution in [0.1, 0.15) is 44.1 Å². The van der Waals surface area contributed by atoms with Gasteiger partial charge >= 0.3 is 6.01 Å². The van der Waals surface area contributed by atoms with Gasteiger partial charge in [-0.2, -0.15) is 9.97 Å². The van der Waals surface area contributed by atoms with Gasteiger partial charge in [-0.15, -0.1) is 0 Å². The summed E-state index contributed by atoms with van der Waals surface area (Å²) < 4.78 is 23.0. The van der Waals surface area contributed by atoms with Crippen molar-refractivity contribution in [2.45, 2.75) is 62.8 Å². The molecule has 8 rings (SSSR count). The van der Waals surface area contributed by atoms with Crippen LogP contribution in [0.15, 0.2) is 42.6 Å². The molecular formula is C32H35FN6O2. The molecule has 2 aromatic carbocycles. The maximum absolute atomic E-state index is 16.7. The molecule has 212 valence electrons. The van der Waals surface area contributed by atoms with Crippen molar-refractivity contribution in [2.24, 2.45) is 0 Å². The summed E-state index contributed by atoms with van der Waals surface area (Å²) in [5.74, 6) is 0.207. The average Bonchev–Trinajstić information content (AvgIpc) is 3.69. The van der Waals surface area contributed by atoms with Crippen LogP contribution in [0.4, 0.5) is 10.2 Å². The molecule has 2 unspecified atom stereocenters. The molecule has 2 atom stereocenters. The quantitative estimate of drug-likeness (QED) is 0.362. The minimum absolute atomic E-state index is 0.0399. The molecule has 2 aromatic heterocycles. The Hall–Kier alpha value is -3.40. The number of aliphatic hydroxyl groups is 1. The van der Waals surface area contributed by atoms with Crippen LogP contribution in [0.3, 0.4) is 0 Å². The lowest BCUT2D eigenvalue weighted by Crippen LogP contribution is -2.51. The van der Waals surface area contributed by atoms with E-state index in [2.05, 4.69) is 20.1 Å². The van der Waals surface area contributed by atoms with Crippen molar-refractivity contribution in [1.82, 2.24) is 25.2 Å². The van der Waals surface area contributed by atoms with Gasteiger partial charge in [-0.1, -0.05) is 36.4 Å². The van der Waals surface area contributed by atoms with Gasteiger partial charge in [0.1, 0.15) is 23.6 Å². The number of piperazine rings is 1. The molecule has 4 fully saturated rings. The minimum Gasteiger partial charge on any atom is -0.461 e. The summed E-state index contributed by atoms with van der Waals surface area (Å²) in [6.07, 6.45) is 8.58. The van der Waals surface area contributed by atoms with E-state index in [4.69, 9.17) is 14.7 Å². The number of hydrogen-bond donors (Lipinski definition) is 2. The molecule has 4 saturated heterocycles. The lowest BCUT2D eigenvalue weighted by atomic mass is 9.95. The Morgan fingerprint density at radius 2 is 1.78 bits per heavy atom. The first kappa shape index (κ1) is 25.3. The Labute approximate surface area is 238 Å². The Morgan fingerprint density at radius 3 is 2.54 bits per heavy atom. The number of hydrogen-bond acceptors (Lipinski definition) is 8. The number of benzene rings is 2. The number of nitrogens with zero attached hydrogens (tertiary/aromatic N) is 5. The van der Waals surface area contributed by atoms with E-state index in [0.717, 1.165) is 68.2 Å². The maximum Gasteiger partial charge on any atom is 0.319 e. The Morgan fingerprint density at radius 1 is 1.02 bits per heavy atom. The summed E-state index contributed by atoms with van der Waals surface area (Å²) in [6, 6.07) is 12.5. The fraction of sp³-hybridized carbons (Fsp3) is 0.469. The predicted octanol–water partition coefficient (Wildman–Crippen LogP) is 4.42. The highest BCUT2D eigenvalue weighted by Crippen LogP contribution is 2.40. The molecule has 9 heteroatoms. The van der Waals surface area contributed by atoms with Crippen molar-refractivity contribution in [1.29, 1.82) is 0 Å². The van der Waals surface area contributed by atoms with Crippen molar-refractivity contribution in [3.63, 3.8) is 0 Å². The van der Waals surface area contributed by atoms with E-state index in [1.165, 1.54) is 12.8 Å². The number of rotatable bonds is 6. The predicted molar refractivity (Wildman–Crippen MR) is 157 cm³/mol. The van der Waals surface area contributed by atoms with Gasteiger partial charge < -0.3 is 20.1 Å². The number of pyridine rings is 1. The maximum atomic E-state index is 16.7. The molecule has 0 amide bonds. The van der Waals surface area contributed by atoms with Crippen molar-refractivity contribution in [2.75, 3.05) is 37.7 Å². The molecule has 2 N–H and O–H groups in total. The van der Waals surface area contributed by atoms with Crippen LogP contribution in [0.2, 0.25) is 0 Å². The van der Waals surface area contributed by atoms with E-state index in [-0.39, 0.29) is 29.4 Å². The number of anilines is 1. The third-order valence-electron chi connectivity index (χ3n) is 9.86. The number of aliphatic hydroxyl groups excluding tert-OH is 1. The summed E-state index contributed by atoms with van der Waals surface area (Å²) in [6.45, 7) is 4.23. The molecule has 41 heavy (non-hydrogen) atoms. The Kier molecular flexibility index (Phi) is 6.09. The van der Waals surface area contributed by atoms with E-state index >= 15 is 4.39 Å². The Bertz CT molecular complexity index is 1620. The van der Waals surface area contributed by atoms with Crippen molar-refractivity contribution in [3.05, 3.63) is 54.0 Å². The van der Waals surface area contributed by atoms with Gasteiger partial charge in [0.25, 0.3) is 0 Å². The second-order valence-electron chi connectivity index (χ2n) is 12.2. The lowest BCUT2D eigenvalue weighted by molar-refractivity contribution is 0.108. The third kappa shape index (κ3) is 4.16. The first-order chi connectivity index (χ1) is 20.1. The second kappa shape index (κ2) is 9.86. The number of aromatic nitrogens is 3. The molecule has 4 aromatic rings. The fourth-order valence-corrected chi connectivity index (χ4v) is 7.89. The normalized spacial score (nSPS) is 23.5. The third-order valence-corrected chi connectivity index (χ3v) is 9.86. The molecule has 6 heterocycles. The molecule has 2 bridgehead atoms. The van der Waals surface area contributed by atoms with Gasteiger partial charge in [-0.25, -0.2) is 4.39 Å². The monoisotopic (exact) mass is 554 g/mol. The largest absolute Gasteiger partial charge is 0.461 e. The summed E-state index contributed by atoms with van der Waals surface area (Å²) in [7, 11) is 0. The van der Waals surface area contributed by atoms with Crippen molar-refractivity contribution < 1.29 is 14.2 Å². The van der Waals surface area contributed by atoms with Crippen LogP contribution in [0.5, 0.6) is 6.01 Å². The van der Waals surface area contributed by atoms with Gasteiger partial charge in [-0.3, -0.25) is 9.88 Å². The molecule has 8 nitrogen and oxygen atoms in total. The van der Waals surface area contributed by atoms with Gasteiger partial charge in [-0.05, 0) is 68.0 Å². The smallest absolute Gasteiger partial charge is 0.319 e. The molecule has 0 aliphatic carbocycles. The van der Waals surface area contributed by atoms with Gasteiger partial charge in [0.15, 0.2) is 5.82 Å². The molecule has 4 aliphatic heterocycles. The van der Waals surface area contributed by atoms with Crippen LogP contribution >= 0.6 is 0 Å². The van der Waals surface area contributed by atoms with E-state index in [0.29, 0.717) is 35.5 Å². The van der Waals surface area contributed by atoms with Gasteiger partial charge in [0.2, 0.25) is 0 Å². The Balaban J connectivity index is 1.26. The first-order valence-electron chi connectivity index (χ1n) is 15.0. The first-order valence-corrected chi connectivity index (χ1v) is 15.0. The molecule has 0 radical (unpaired) electrons. The van der Waals surface area contributed by atoms with Crippen LogP contribution in [-0.4, -0.2) is 75.4 Å². The van der Waals surface area contributed by atoms with Gasteiger partial charge in [0, 0.05) is 36.9 Å². The second-order valence-corrected chi connectivity index (χ2v) is 12.2. The summed E-state index contributed by atoms with van der Waals surface area (Å²) in [5.41, 5.74) is 1.86. The average molecular weight is 555 g/mol. The molecule has 4 aliphatic rings. The van der Waals surface area contributed by atoms with Crippen LogP contribution in [0.25, 0.3) is 32.9 Å². The molecule has 0 saturated carbocycles. The summed E-state index contributed by atoms with van der Waals surface area (Å²) in [5, 5.41) is 16.1. The zero-order valence-electron chi connectivity index (χ0n) is 23.2. The lowest BCUT2D eigenvalue weighted by Gasteiger charge is -2.34. The van der Waals surface area contributed by atoms with E-state index in [1.807, 2.05) is 36.4 Å². The van der Waals surface area contributed by atoms with Crippen LogP contribution in [-0.2, 0) is 6.61 Å². The summed E-state index contributed by atoms with van der Waals surface area (Å²) >= 11 is 0. The molecule has 0 spiro atoms. The SMILES string of the molecule is OCc1cccc2cccc(-c3ncc4c(N5CC6CCC(C5)N6)nc(OCC56CCCN5CCC6)nc4c3F)c12. The number of ether oxygens (including phenoxy) is 1. The van der Waals surface area contributed by atoms with Crippen molar-refractivity contribution >= 4 is 27.5 Å². The van der Waals surface area contributed by atoms with E-state index in [1.54, 1.807) is 6.20 Å². The highest BCUT2D eigenvalue weighted by atomic mass is 19.1. The zero-order valence-corrected chi connectivity index (χ0v) is 23.2. The number of halogens is 1. The standard InChI is InChI=1S/C32H35FN6O2/c33-27-28(24-8-2-6-20-5-1-7-21(18-40)26(20)24)34-15-25-29(27)36-31(41-19-32-11-3-13-39(32)14-4-12-32)37-30(25)38-16-22-9-10-23(17-38)35-22/h1-2,5-8,15,22-23,35,40H,3-4,9-14,16-19H2. The highest BCUT2D eigenvalue weighted by molar-refractivity contribution is 6.00. The minimum atomic E-state index is -0.490. The number of fused-ring (bicyclic) bond motifs is 5. The van der Waals surface area contributed by atoms with Crippen LogP contribution < -0.4 is 15.0 Å². The van der Waals surface area contributed by atoms with E-state index < -0.39 is 5.82 Å². The molecular weight excluding hydrogens is 519 g/mol. The fourth-order valence-electron chi connectivity index (χ4n) is 7.89. The van der Waals surface area contributed by atoms with Crippen LogP contribution in [0, 0.1) is 5.82 Å². The van der Waals surface area contributed by atoms with Gasteiger partial charge in [0.05, 0.1) is 17.5 Å².